The number of hydrogen-bond acceptors (Lipinski definition) is 7. The van der Waals surface area contributed by atoms with Crippen molar-refractivity contribution in [3.8, 4) is 22.8 Å². The summed E-state index contributed by atoms with van der Waals surface area (Å²) in [7, 11) is 1.61. The molecule has 3 amide bonds. The van der Waals surface area contributed by atoms with Gasteiger partial charge in [0, 0.05) is 42.0 Å². The van der Waals surface area contributed by atoms with Crippen LogP contribution in [0.25, 0.3) is 22.2 Å². The first-order valence-electron chi connectivity index (χ1n) is 15.3. The SMILES string of the molecule is CCOC(=O)[C@@]12C[C@H]1C=CCCCCNC(=O)N1C[C@H](Oc3cc(-c4ccccc4)nc4cc(OC)ccc34)C[C@H]1C(=O)N2. The zero-order chi connectivity index (χ0) is 30.7. The maximum absolute atomic E-state index is 13.8. The summed E-state index contributed by atoms with van der Waals surface area (Å²) in [4.78, 5) is 46.7. The molecule has 10 nitrogen and oxygen atoms in total. The highest BCUT2D eigenvalue weighted by molar-refractivity contribution is 5.95. The van der Waals surface area contributed by atoms with Crippen molar-refractivity contribution in [2.75, 3.05) is 26.8 Å². The number of methoxy groups -OCH3 is 1. The second-order valence-corrected chi connectivity index (χ2v) is 11.5. The van der Waals surface area contributed by atoms with Gasteiger partial charge in [0.2, 0.25) is 5.91 Å². The molecule has 0 spiro atoms. The highest BCUT2D eigenvalue weighted by Crippen LogP contribution is 2.46. The first kappa shape index (κ1) is 29.5. The Bertz CT molecular complexity index is 1580. The normalized spacial score (nSPS) is 25.2. The average molecular weight is 599 g/mol. The van der Waals surface area contributed by atoms with Crippen LogP contribution in [0.4, 0.5) is 4.79 Å². The van der Waals surface area contributed by atoms with Gasteiger partial charge in [0.25, 0.3) is 0 Å². The fourth-order valence-electron chi connectivity index (χ4n) is 6.15. The molecule has 3 aromatic rings. The predicted molar refractivity (Wildman–Crippen MR) is 165 cm³/mol. The van der Waals surface area contributed by atoms with Crippen LogP contribution in [0.5, 0.6) is 11.5 Å². The van der Waals surface area contributed by atoms with Crippen molar-refractivity contribution >= 4 is 28.8 Å². The molecule has 230 valence electrons. The van der Waals surface area contributed by atoms with Gasteiger partial charge in [-0.1, -0.05) is 42.5 Å². The topological polar surface area (TPSA) is 119 Å². The number of aromatic nitrogens is 1. The zero-order valence-corrected chi connectivity index (χ0v) is 25.1. The third-order valence-corrected chi connectivity index (χ3v) is 8.61. The molecule has 0 bridgehead atoms. The summed E-state index contributed by atoms with van der Waals surface area (Å²) in [5.41, 5.74) is 1.26. The molecule has 3 heterocycles. The second kappa shape index (κ2) is 12.6. The highest BCUT2D eigenvalue weighted by atomic mass is 16.5. The number of carbonyl (C=O) groups excluding carboxylic acids is 3. The minimum atomic E-state index is -1.11. The van der Waals surface area contributed by atoms with E-state index in [-0.39, 0.29) is 37.4 Å². The first-order chi connectivity index (χ1) is 21.4. The van der Waals surface area contributed by atoms with E-state index in [2.05, 4.69) is 16.7 Å². The van der Waals surface area contributed by atoms with Crippen LogP contribution in [0.15, 0.2) is 66.7 Å². The number of hydrogen-bond donors (Lipinski definition) is 2. The molecule has 2 aliphatic heterocycles. The van der Waals surface area contributed by atoms with E-state index >= 15 is 0 Å². The van der Waals surface area contributed by atoms with Crippen molar-refractivity contribution in [3.05, 3.63) is 66.7 Å². The fraction of sp³-hybridized carbons (Fsp3) is 0.412. The van der Waals surface area contributed by atoms with Crippen LogP contribution < -0.4 is 20.1 Å². The summed E-state index contributed by atoms with van der Waals surface area (Å²) in [6.07, 6.45) is 6.86. The molecule has 44 heavy (non-hydrogen) atoms. The summed E-state index contributed by atoms with van der Waals surface area (Å²) in [6, 6.07) is 16.2. The average Bonchev–Trinajstić information content (AvgIpc) is 3.57. The number of pyridine rings is 1. The van der Waals surface area contributed by atoms with Crippen LogP contribution in [0.2, 0.25) is 0 Å². The summed E-state index contributed by atoms with van der Waals surface area (Å²) < 4.78 is 17.4. The standard InChI is InChI=1S/C34H38N4O6/c1-3-43-32(40)34-20-23(34)13-9-4-5-10-16-35-33(41)38-21-25(18-29(38)31(39)37-34)44-30-19-27(22-11-7-6-8-12-22)36-28-17-24(42-2)14-15-26(28)30/h6-9,11-15,17,19,23,25,29H,3-5,10,16,18,20-21H2,1-2H3,(H,35,41)(H,37,39)/t23-,25-,29+,34-/m1/s1. The molecule has 2 aromatic carbocycles. The van der Waals surface area contributed by atoms with E-state index in [1.165, 1.54) is 4.90 Å². The smallest absolute Gasteiger partial charge is 0.332 e. The Kier molecular flexibility index (Phi) is 8.41. The van der Waals surface area contributed by atoms with Crippen molar-refractivity contribution in [1.29, 1.82) is 0 Å². The number of carbonyl (C=O) groups is 3. The first-order valence-corrected chi connectivity index (χ1v) is 15.3. The number of ether oxygens (including phenoxy) is 3. The molecule has 2 fully saturated rings. The van der Waals surface area contributed by atoms with Crippen molar-refractivity contribution in [2.45, 2.75) is 56.7 Å². The highest BCUT2D eigenvalue weighted by Gasteiger charge is 2.62. The molecule has 2 N–H and O–H groups in total. The molecule has 10 heteroatoms. The lowest BCUT2D eigenvalue weighted by molar-refractivity contribution is -0.149. The number of esters is 1. The maximum Gasteiger partial charge on any atom is 0.332 e. The second-order valence-electron chi connectivity index (χ2n) is 11.5. The number of nitrogens with zero attached hydrogens (tertiary/aromatic N) is 2. The summed E-state index contributed by atoms with van der Waals surface area (Å²) in [6.45, 7) is 2.69. The van der Waals surface area contributed by atoms with Gasteiger partial charge in [-0.25, -0.2) is 14.6 Å². The van der Waals surface area contributed by atoms with Gasteiger partial charge in [0.05, 0.1) is 31.5 Å². The molecular formula is C34H38N4O6. The number of nitrogens with one attached hydrogen (secondary N) is 2. The number of rotatable bonds is 6. The quantitative estimate of drug-likeness (QED) is 0.314. The zero-order valence-electron chi connectivity index (χ0n) is 25.1. The number of allylic oxidation sites excluding steroid dienone is 1. The van der Waals surface area contributed by atoms with Crippen molar-refractivity contribution in [2.24, 2.45) is 5.92 Å². The van der Waals surface area contributed by atoms with Crippen molar-refractivity contribution < 1.29 is 28.6 Å². The number of benzene rings is 2. The van der Waals surface area contributed by atoms with Crippen LogP contribution in [-0.4, -0.2) is 72.3 Å². The largest absolute Gasteiger partial charge is 0.497 e. The lowest BCUT2D eigenvalue weighted by Crippen LogP contribution is -2.54. The van der Waals surface area contributed by atoms with Gasteiger partial charge < -0.3 is 29.7 Å². The van der Waals surface area contributed by atoms with Crippen LogP contribution in [0.1, 0.15) is 39.0 Å². The van der Waals surface area contributed by atoms with Gasteiger partial charge in [0.15, 0.2) is 0 Å². The Morgan fingerprint density at radius 1 is 1.11 bits per heavy atom. The van der Waals surface area contributed by atoms with Crippen molar-refractivity contribution in [3.63, 3.8) is 0 Å². The van der Waals surface area contributed by atoms with Gasteiger partial charge in [-0.15, -0.1) is 0 Å². The van der Waals surface area contributed by atoms with Crippen LogP contribution in [-0.2, 0) is 14.3 Å². The molecule has 1 aromatic heterocycles. The van der Waals surface area contributed by atoms with E-state index in [0.29, 0.717) is 30.0 Å². The Hall–Kier alpha value is -4.60. The molecule has 1 saturated heterocycles. The summed E-state index contributed by atoms with van der Waals surface area (Å²) >= 11 is 0. The van der Waals surface area contributed by atoms with E-state index in [9.17, 15) is 14.4 Å². The third kappa shape index (κ3) is 5.93. The van der Waals surface area contributed by atoms with E-state index < -0.39 is 23.7 Å². The van der Waals surface area contributed by atoms with E-state index in [1.54, 1.807) is 14.0 Å². The Morgan fingerprint density at radius 2 is 1.95 bits per heavy atom. The molecule has 3 aliphatic rings. The van der Waals surface area contributed by atoms with Crippen molar-refractivity contribution in [1.82, 2.24) is 20.5 Å². The lowest BCUT2D eigenvalue weighted by Gasteiger charge is -2.26. The number of urea groups is 1. The number of fused-ring (bicyclic) bond motifs is 3. The van der Waals surface area contributed by atoms with E-state index in [1.807, 2.05) is 60.7 Å². The van der Waals surface area contributed by atoms with Crippen LogP contribution in [0, 0.1) is 5.92 Å². The summed E-state index contributed by atoms with van der Waals surface area (Å²) in [5, 5.41) is 6.75. The molecular weight excluding hydrogens is 560 g/mol. The Labute approximate surface area is 256 Å². The molecule has 4 atom stereocenters. The van der Waals surface area contributed by atoms with Crippen LogP contribution in [0.3, 0.4) is 0 Å². The molecule has 1 saturated carbocycles. The molecule has 6 rings (SSSR count). The lowest BCUT2D eigenvalue weighted by atomic mass is 10.1. The number of amides is 3. The monoisotopic (exact) mass is 598 g/mol. The van der Waals surface area contributed by atoms with E-state index in [4.69, 9.17) is 19.2 Å². The van der Waals surface area contributed by atoms with E-state index in [0.717, 1.165) is 35.9 Å². The minimum Gasteiger partial charge on any atom is -0.497 e. The minimum absolute atomic E-state index is 0.138. The summed E-state index contributed by atoms with van der Waals surface area (Å²) in [5.74, 6) is 0.310. The maximum atomic E-state index is 13.8. The van der Waals surface area contributed by atoms with Gasteiger partial charge in [-0.05, 0) is 44.7 Å². The van der Waals surface area contributed by atoms with Gasteiger partial charge in [-0.3, -0.25) is 4.79 Å². The van der Waals surface area contributed by atoms with Crippen LogP contribution >= 0.6 is 0 Å². The Balaban J connectivity index is 1.30. The fourth-order valence-corrected chi connectivity index (χ4v) is 6.15. The molecule has 0 unspecified atom stereocenters. The molecule has 1 aliphatic carbocycles. The predicted octanol–water partition coefficient (Wildman–Crippen LogP) is 4.62. The van der Waals surface area contributed by atoms with Gasteiger partial charge in [-0.2, -0.15) is 0 Å². The van der Waals surface area contributed by atoms with Gasteiger partial charge >= 0.3 is 12.0 Å². The molecule has 0 radical (unpaired) electrons. The third-order valence-electron chi connectivity index (χ3n) is 8.61. The Morgan fingerprint density at radius 3 is 2.75 bits per heavy atom. The van der Waals surface area contributed by atoms with Gasteiger partial charge in [0.1, 0.15) is 29.2 Å².